The topological polar surface area (TPSA) is 129 Å². The number of ether oxygens (including phenoxy) is 1. The van der Waals surface area contributed by atoms with Gasteiger partial charge < -0.3 is 10.1 Å². The molecule has 0 aromatic carbocycles. The van der Waals surface area contributed by atoms with Gasteiger partial charge in [0.2, 0.25) is 10.0 Å². The summed E-state index contributed by atoms with van der Waals surface area (Å²) in [5.41, 5.74) is -1.07. The number of carbonyl (C=O) groups is 2. The fourth-order valence-corrected chi connectivity index (χ4v) is 4.40. The van der Waals surface area contributed by atoms with E-state index in [4.69, 9.17) is 4.74 Å². The molecule has 1 aromatic heterocycles. The van der Waals surface area contributed by atoms with Gasteiger partial charge in [-0.2, -0.15) is 9.57 Å². The summed E-state index contributed by atoms with van der Waals surface area (Å²) in [6, 6.07) is 5.11. The first-order chi connectivity index (χ1) is 14.0. The zero-order valence-electron chi connectivity index (χ0n) is 17.7. The molecule has 2 rings (SSSR count). The van der Waals surface area contributed by atoms with Crippen LogP contribution in [0.2, 0.25) is 0 Å². The highest BCUT2D eigenvalue weighted by Crippen LogP contribution is 2.25. The van der Waals surface area contributed by atoms with Crippen molar-refractivity contribution >= 4 is 21.9 Å². The smallest absolute Gasteiger partial charge is 0.309 e. The summed E-state index contributed by atoms with van der Waals surface area (Å²) in [6.45, 7) is 7.05. The number of esters is 1. The summed E-state index contributed by atoms with van der Waals surface area (Å²) >= 11 is 0. The lowest BCUT2D eigenvalue weighted by Gasteiger charge is -2.31. The molecule has 1 amide bonds. The van der Waals surface area contributed by atoms with Crippen LogP contribution in [0.4, 0.5) is 0 Å². The van der Waals surface area contributed by atoms with Gasteiger partial charge in [-0.15, -0.1) is 0 Å². The van der Waals surface area contributed by atoms with Crippen LogP contribution in [0.3, 0.4) is 0 Å². The van der Waals surface area contributed by atoms with E-state index >= 15 is 0 Å². The van der Waals surface area contributed by atoms with E-state index in [0.29, 0.717) is 12.8 Å². The largest absolute Gasteiger partial charge is 0.452 e. The Morgan fingerprint density at radius 1 is 1.33 bits per heavy atom. The molecule has 0 saturated carbocycles. The van der Waals surface area contributed by atoms with Crippen LogP contribution >= 0.6 is 0 Å². The highest BCUT2D eigenvalue weighted by Gasteiger charge is 2.36. The van der Waals surface area contributed by atoms with Crippen molar-refractivity contribution in [3.63, 3.8) is 0 Å². The predicted octanol–water partition coefficient (Wildman–Crippen LogP) is 1.47. The van der Waals surface area contributed by atoms with E-state index in [1.807, 2.05) is 13.8 Å². The summed E-state index contributed by atoms with van der Waals surface area (Å²) in [5, 5.41) is 11.9. The maximum Gasteiger partial charge on any atom is 0.309 e. The molecule has 164 valence electrons. The Bertz CT molecular complexity index is 905. The number of amides is 1. The second-order valence-corrected chi connectivity index (χ2v) is 9.84. The molecule has 2 unspecified atom stereocenters. The number of nitrogens with one attached hydrogen (secondary N) is 1. The number of rotatable bonds is 7. The Labute approximate surface area is 177 Å². The average Bonchev–Trinajstić information content (AvgIpc) is 2.74. The van der Waals surface area contributed by atoms with Gasteiger partial charge in [0.25, 0.3) is 5.91 Å². The van der Waals surface area contributed by atoms with Gasteiger partial charge in [0, 0.05) is 25.5 Å². The molecule has 2 heterocycles. The number of piperidine rings is 1. The third-order valence-corrected chi connectivity index (χ3v) is 7.37. The number of sulfonamides is 1. The molecule has 10 heteroatoms. The molecular formula is C20H28N4O5S. The van der Waals surface area contributed by atoms with Crippen molar-refractivity contribution in [3.8, 4) is 6.07 Å². The van der Waals surface area contributed by atoms with Crippen molar-refractivity contribution < 1.29 is 22.7 Å². The van der Waals surface area contributed by atoms with Crippen LogP contribution in [0.15, 0.2) is 29.4 Å². The molecule has 30 heavy (non-hydrogen) atoms. The van der Waals surface area contributed by atoms with Crippen molar-refractivity contribution in [1.82, 2.24) is 14.6 Å². The number of aromatic nitrogens is 1. The molecule has 1 aromatic rings. The molecule has 9 nitrogen and oxygen atoms in total. The zero-order chi connectivity index (χ0) is 22.5. The minimum atomic E-state index is -3.66. The van der Waals surface area contributed by atoms with Crippen LogP contribution in [-0.2, 0) is 24.3 Å². The molecule has 1 N–H and O–H groups in total. The van der Waals surface area contributed by atoms with E-state index in [-0.39, 0.29) is 23.9 Å². The van der Waals surface area contributed by atoms with E-state index in [9.17, 15) is 23.3 Å². The summed E-state index contributed by atoms with van der Waals surface area (Å²) < 4.78 is 31.9. The summed E-state index contributed by atoms with van der Waals surface area (Å²) in [5.74, 6) is -1.70. The van der Waals surface area contributed by atoms with Gasteiger partial charge in [0.15, 0.2) is 6.10 Å². The number of nitriles is 1. The molecule has 0 spiro atoms. The predicted molar refractivity (Wildman–Crippen MR) is 108 cm³/mol. The Morgan fingerprint density at radius 3 is 2.47 bits per heavy atom. The lowest BCUT2D eigenvalue weighted by Crippen LogP contribution is -2.52. The van der Waals surface area contributed by atoms with E-state index in [0.717, 1.165) is 0 Å². The van der Waals surface area contributed by atoms with Gasteiger partial charge in [-0.3, -0.25) is 14.6 Å². The van der Waals surface area contributed by atoms with E-state index in [1.165, 1.54) is 29.7 Å². The molecule has 1 aliphatic heterocycles. The number of hydrogen-bond donors (Lipinski definition) is 1. The average molecular weight is 437 g/mol. The quantitative estimate of drug-likeness (QED) is 0.641. The van der Waals surface area contributed by atoms with Crippen molar-refractivity contribution in [3.05, 3.63) is 24.5 Å². The summed E-state index contributed by atoms with van der Waals surface area (Å²) in [6.07, 6.45) is 2.34. The van der Waals surface area contributed by atoms with E-state index in [1.54, 1.807) is 13.0 Å². The lowest BCUT2D eigenvalue weighted by atomic mass is 9.90. The Hall–Kier alpha value is -2.51. The van der Waals surface area contributed by atoms with E-state index in [2.05, 4.69) is 16.4 Å². The third kappa shape index (κ3) is 5.34. The van der Waals surface area contributed by atoms with Gasteiger partial charge in [0.05, 0.1) is 12.0 Å². The normalized spacial score (nSPS) is 18.8. The molecule has 0 aliphatic carbocycles. The maximum absolute atomic E-state index is 12.6. The molecule has 1 saturated heterocycles. The second-order valence-electron chi connectivity index (χ2n) is 7.90. The van der Waals surface area contributed by atoms with Crippen molar-refractivity contribution in [2.75, 3.05) is 13.1 Å². The SMILES string of the molecule is CC(OC(=O)C1CCN(S(=O)(=O)c2cccnc2)CC1)C(=O)NC(C)(C#N)C(C)C. The van der Waals surface area contributed by atoms with Gasteiger partial charge in [-0.1, -0.05) is 13.8 Å². The first-order valence-corrected chi connectivity index (χ1v) is 11.3. The van der Waals surface area contributed by atoms with Gasteiger partial charge in [0.1, 0.15) is 10.4 Å². The molecule has 0 radical (unpaired) electrons. The Kier molecular flexibility index (Phi) is 7.55. The fourth-order valence-electron chi connectivity index (χ4n) is 2.96. The monoisotopic (exact) mass is 436 g/mol. The summed E-state index contributed by atoms with van der Waals surface area (Å²) in [4.78, 5) is 28.8. The van der Waals surface area contributed by atoms with Crippen LogP contribution in [0.5, 0.6) is 0 Å². The van der Waals surface area contributed by atoms with Crippen molar-refractivity contribution in [2.45, 2.75) is 57.1 Å². The van der Waals surface area contributed by atoms with E-state index < -0.39 is 39.5 Å². The summed E-state index contributed by atoms with van der Waals surface area (Å²) in [7, 11) is -3.66. The standard InChI is InChI=1S/C20H28N4O5S/c1-14(2)20(4,13-21)23-18(25)15(3)29-19(26)16-7-10-24(11-8-16)30(27,28)17-6-5-9-22-12-17/h5-6,9,12,14-16H,7-8,10-11H2,1-4H3,(H,23,25). The van der Waals surface area contributed by atoms with Gasteiger partial charge in [-0.05, 0) is 44.7 Å². The minimum Gasteiger partial charge on any atom is -0.452 e. The van der Waals surface area contributed by atoms with Gasteiger partial charge >= 0.3 is 5.97 Å². The Balaban J connectivity index is 1.91. The van der Waals surface area contributed by atoms with Crippen LogP contribution in [-0.4, -0.2) is 54.3 Å². The van der Waals surface area contributed by atoms with Gasteiger partial charge in [-0.25, -0.2) is 8.42 Å². The van der Waals surface area contributed by atoms with Crippen LogP contribution in [0, 0.1) is 23.2 Å². The van der Waals surface area contributed by atoms with Crippen LogP contribution in [0.25, 0.3) is 0 Å². The minimum absolute atomic E-state index is 0.113. The first kappa shape index (κ1) is 23.8. The number of carbonyl (C=O) groups excluding carboxylic acids is 2. The van der Waals surface area contributed by atoms with Crippen LogP contribution < -0.4 is 5.32 Å². The highest BCUT2D eigenvalue weighted by atomic mass is 32.2. The second kappa shape index (κ2) is 9.53. The van der Waals surface area contributed by atoms with Crippen LogP contribution in [0.1, 0.15) is 40.5 Å². The zero-order valence-corrected chi connectivity index (χ0v) is 18.5. The molecule has 1 fully saturated rings. The Morgan fingerprint density at radius 2 is 1.97 bits per heavy atom. The molecule has 1 aliphatic rings. The first-order valence-electron chi connectivity index (χ1n) is 9.85. The fraction of sp³-hybridized carbons (Fsp3) is 0.600. The lowest BCUT2D eigenvalue weighted by molar-refractivity contribution is -0.160. The number of hydrogen-bond acceptors (Lipinski definition) is 7. The van der Waals surface area contributed by atoms with Crippen molar-refractivity contribution in [1.29, 1.82) is 5.26 Å². The number of nitrogens with zero attached hydrogens (tertiary/aromatic N) is 3. The third-order valence-electron chi connectivity index (χ3n) is 5.49. The highest BCUT2D eigenvalue weighted by molar-refractivity contribution is 7.89. The van der Waals surface area contributed by atoms with Crippen molar-refractivity contribution in [2.24, 2.45) is 11.8 Å². The molecular weight excluding hydrogens is 408 g/mol. The maximum atomic E-state index is 12.6. The molecule has 0 bridgehead atoms. The molecule has 2 atom stereocenters. The number of pyridine rings is 1.